The van der Waals surface area contributed by atoms with Gasteiger partial charge in [-0.1, -0.05) is 12.2 Å². The molecule has 0 atom stereocenters. The monoisotopic (exact) mass is 149 g/mol. The molecule has 0 heterocycles. The molecule has 60 valence electrons. The zero-order chi connectivity index (χ0) is 8.32. The van der Waals surface area contributed by atoms with Crippen molar-refractivity contribution in [2.75, 3.05) is 0 Å². The molecule has 0 aromatic carbocycles. The highest BCUT2D eigenvalue weighted by molar-refractivity contribution is 5.00. The molecule has 1 aliphatic carbocycles. The average molecular weight is 149 g/mol. The van der Waals surface area contributed by atoms with Gasteiger partial charge in [-0.25, -0.2) is 0 Å². The summed E-state index contributed by atoms with van der Waals surface area (Å²) in [6.07, 6.45) is 7.82. The van der Waals surface area contributed by atoms with E-state index < -0.39 is 0 Å². The van der Waals surface area contributed by atoms with Crippen molar-refractivity contribution >= 4 is 0 Å². The van der Waals surface area contributed by atoms with Crippen molar-refractivity contribution in [2.24, 2.45) is 11.3 Å². The van der Waals surface area contributed by atoms with Crippen LogP contribution in [-0.2, 0) is 0 Å². The van der Waals surface area contributed by atoms with Gasteiger partial charge in [0.2, 0.25) is 0 Å². The molecule has 1 heteroatoms. The number of nitrogens with zero attached hydrogens (tertiary/aromatic N) is 1. The van der Waals surface area contributed by atoms with E-state index in [1.54, 1.807) is 0 Å². The van der Waals surface area contributed by atoms with Crippen LogP contribution in [0, 0.1) is 22.7 Å². The van der Waals surface area contributed by atoms with E-state index in [0.29, 0.717) is 0 Å². The molecule has 0 unspecified atom stereocenters. The van der Waals surface area contributed by atoms with Crippen LogP contribution in [0.5, 0.6) is 0 Å². The predicted molar refractivity (Wildman–Crippen MR) is 45.9 cm³/mol. The van der Waals surface area contributed by atoms with Crippen molar-refractivity contribution in [3.05, 3.63) is 12.2 Å². The molecule has 0 N–H and O–H groups in total. The van der Waals surface area contributed by atoms with Gasteiger partial charge in [-0.15, -0.1) is 0 Å². The van der Waals surface area contributed by atoms with Crippen molar-refractivity contribution in [3.63, 3.8) is 0 Å². The highest BCUT2D eigenvalue weighted by Gasteiger charge is 2.22. The van der Waals surface area contributed by atoms with Crippen LogP contribution in [0.25, 0.3) is 0 Å². The molecule has 1 nitrogen and oxygen atoms in total. The van der Waals surface area contributed by atoms with E-state index in [-0.39, 0.29) is 5.41 Å². The third-order valence-electron chi connectivity index (χ3n) is 2.21. The summed E-state index contributed by atoms with van der Waals surface area (Å²) < 4.78 is 0. The second kappa shape index (κ2) is 3.09. The fourth-order valence-corrected chi connectivity index (χ4v) is 1.61. The number of hydrogen-bond donors (Lipinski definition) is 0. The second-order valence-corrected chi connectivity index (χ2v) is 4.01. The molecule has 0 saturated carbocycles. The zero-order valence-electron chi connectivity index (χ0n) is 7.30. The lowest BCUT2D eigenvalue weighted by atomic mass is 9.83. The topological polar surface area (TPSA) is 23.8 Å². The van der Waals surface area contributed by atoms with Gasteiger partial charge < -0.3 is 0 Å². The molecule has 0 aliphatic heterocycles. The molecule has 0 aromatic rings. The van der Waals surface area contributed by atoms with Gasteiger partial charge in [0.15, 0.2) is 0 Å². The van der Waals surface area contributed by atoms with Gasteiger partial charge in [0.05, 0.1) is 11.5 Å². The van der Waals surface area contributed by atoms with Crippen LogP contribution in [0.3, 0.4) is 0 Å². The standard InChI is InChI=1S/C10H15N/c1-10(2,8-11)7-9-5-3-4-6-9/h3-4,9H,5-7H2,1-2H3. The number of hydrogen-bond acceptors (Lipinski definition) is 1. The lowest BCUT2D eigenvalue weighted by Gasteiger charge is -2.19. The van der Waals surface area contributed by atoms with Crippen molar-refractivity contribution in [3.8, 4) is 6.07 Å². The summed E-state index contributed by atoms with van der Waals surface area (Å²) in [4.78, 5) is 0. The second-order valence-electron chi connectivity index (χ2n) is 4.01. The third-order valence-corrected chi connectivity index (χ3v) is 2.21. The van der Waals surface area contributed by atoms with Gasteiger partial charge in [-0.2, -0.15) is 5.26 Å². The van der Waals surface area contributed by atoms with Crippen molar-refractivity contribution in [2.45, 2.75) is 33.1 Å². The van der Waals surface area contributed by atoms with E-state index in [4.69, 9.17) is 5.26 Å². The first-order chi connectivity index (χ1) is 5.14. The van der Waals surface area contributed by atoms with Crippen LogP contribution in [-0.4, -0.2) is 0 Å². The van der Waals surface area contributed by atoms with Crippen molar-refractivity contribution < 1.29 is 0 Å². The van der Waals surface area contributed by atoms with Crippen molar-refractivity contribution in [1.29, 1.82) is 5.26 Å². The largest absolute Gasteiger partial charge is 0.198 e. The first-order valence-corrected chi connectivity index (χ1v) is 4.20. The summed E-state index contributed by atoms with van der Waals surface area (Å²) >= 11 is 0. The Balaban J connectivity index is 2.37. The molecule has 1 rings (SSSR count). The van der Waals surface area contributed by atoms with Crippen LogP contribution in [0.15, 0.2) is 12.2 Å². The summed E-state index contributed by atoms with van der Waals surface area (Å²) in [6.45, 7) is 4.04. The normalized spacial score (nSPS) is 18.6. The summed E-state index contributed by atoms with van der Waals surface area (Å²) in [7, 11) is 0. The maximum absolute atomic E-state index is 8.78. The minimum Gasteiger partial charge on any atom is -0.198 e. The smallest absolute Gasteiger partial charge is 0.0684 e. The van der Waals surface area contributed by atoms with E-state index in [2.05, 4.69) is 18.2 Å². The molecular weight excluding hydrogens is 134 g/mol. The van der Waals surface area contributed by atoms with E-state index >= 15 is 0 Å². The first-order valence-electron chi connectivity index (χ1n) is 4.20. The molecule has 0 aromatic heterocycles. The third kappa shape index (κ3) is 2.38. The lowest BCUT2D eigenvalue weighted by Crippen LogP contribution is -2.12. The Kier molecular flexibility index (Phi) is 2.34. The fourth-order valence-electron chi connectivity index (χ4n) is 1.61. The minimum atomic E-state index is -0.128. The summed E-state index contributed by atoms with van der Waals surface area (Å²) in [5.74, 6) is 0.727. The maximum atomic E-state index is 8.78. The van der Waals surface area contributed by atoms with Gasteiger partial charge in [-0.3, -0.25) is 0 Å². The van der Waals surface area contributed by atoms with Crippen LogP contribution >= 0.6 is 0 Å². The quantitative estimate of drug-likeness (QED) is 0.554. The maximum Gasteiger partial charge on any atom is 0.0684 e. The Labute approximate surface area is 68.7 Å². The van der Waals surface area contributed by atoms with Gasteiger partial charge in [0.1, 0.15) is 0 Å². The van der Waals surface area contributed by atoms with Crippen LogP contribution in [0.2, 0.25) is 0 Å². The van der Waals surface area contributed by atoms with Crippen LogP contribution < -0.4 is 0 Å². The number of nitriles is 1. The molecule has 1 aliphatic rings. The first kappa shape index (κ1) is 8.33. The SMILES string of the molecule is CC(C)(C#N)CC1CC=CC1. The molecular formula is C10H15N. The Hall–Kier alpha value is -0.770. The average Bonchev–Trinajstić information content (AvgIpc) is 2.39. The van der Waals surface area contributed by atoms with Gasteiger partial charge in [0, 0.05) is 0 Å². The molecule has 0 bridgehead atoms. The fraction of sp³-hybridized carbons (Fsp3) is 0.700. The van der Waals surface area contributed by atoms with Gasteiger partial charge in [0.25, 0.3) is 0 Å². The highest BCUT2D eigenvalue weighted by Crippen LogP contribution is 2.31. The summed E-state index contributed by atoms with van der Waals surface area (Å²) in [5.41, 5.74) is -0.128. The van der Waals surface area contributed by atoms with E-state index in [1.807, 2.05) is 13.8 Å². The molecule has 0 amide bonds. The minimum absolute atomic E-state index is 0.128. The zero-order valence-corrected chi connectivity index (χ0v) is 7.30. The Morgan fingerprint density at radius 1 is 1.45 bits per heavy atom. The summed E-state index contributed by atoms with van der Waals surface area (Å²) in [5, 5.41) is 8.78. The number of allylic oxidation sites excluding steroid dienone is 2. The van der Waals surface area contributed by atoms with Crippen molar-refractivity contribution in [1.82, 2.24) is 0 Å². The highest BCUT2D eigenvalue weighted by atomic mass is 14.3. The van der Waals surface area contributed by atoms with Crippen LogP contribution in [0.1, 0.15) is 33.1 Å². The van der Waals surface area contributed by atoms with Gasteiger partial charge >= 0.3 is 0 Å². The molecule has 0 radical (unpaired) electrons. The van der Waals surface area contributed by atoms with E-state index in [9.17, 15) is 0 Å². The Morgan fingerprint density at radius 3 is 2.45 bits per heavy atom. The summed E-state index contributed by atoms with van der Waals surface area (Å²) in [6, 6.07) is 2.34. The number of rotatable bonds is 2. The van der Waals surface area contributed by atoms with E-state index in [1.165, 1.54) is 12.8 Å². The molecule has 0 saturated heterocycles. The Bertz CT molecular complexity index is 187. The Morgan fingerprint density at radius 2 is 2.00 bits per heavy atom. The van der Waals surface area contributed by atoms with Gasteiger partial charge in [-0.05, 0) is 39.0 Å². The molecule has 0 spiro atoms. The molecule has 11 heavy (non-hydrogen) atoms. The van der Waals surface area contributed by atoms with E-state index in [0.717, 1.165) is 12.3 Å². The lowest BCUT2D eigenvalue weighted by molar-refractivity contribution is 0.352. The molecule has 0 fully saturated rings. The predicted octanol–water partition coefficient (Wildman–Crippen LogP) is 2.89. The van der Waals surface area contributed by atoms with Crippen LogP contribution in [0.4, 0.5) is 0 Å².